The van der Waals surface area contributed by atoms with E-state index >= 15 is 0 Å². The van der Waals surface area contributed by atoms with Crippen molar-refractivity contribution in [3.63, 3.8) is 0 Å². The van der Waals surface area contributed by atoms with Gasteiger partial charge in [-0.3, -0.25) is 9.00 Å². The maximum absolute atomic E-state index is 11.9. The lowest BCUT2D eigenvalue weighted by Gasteiger charge is -2.05. The Morgan fingerprint density at radius 3 is 2.86 bits per heavy atom. The molecular weight excluding hydrogens is 288 g/mol. The summed E-state index contributed by atoms with van der Waals surface area (Å²) in [6.07, 6.45) is 1.69. The van der Waals surface area contributed by atoms with Gasteiger partial charge in [-0.1, -0.05) is 19.1 Å². The quantitative estimate of drug-likeness (QED) is 0.778. The summed E-state index contributed by atoms with van der Waals surface area (Å²) in [5.41, 5.74) is 7.49. The minimum Gasteiger partial charge on any atom is -0.397 e. The first kappa shape index (κ1) is 15.2. The first-order valence-electron chi connectivity index (χ1n) is 6.65. The number of aromatic nitrogens is 2. The summed E-state index contributed by atoms with van der Waals surface area (Å²) in [5.74, 6) is 0.767. The smallest absolute Gasteiger partial charge is 0.271 e. The molecule has 112 valence electrons. The van der Waals surface area contributed by atoms with Crippen molar-refractivity contribution in [2.45, 2.75) is 6.92 Å². The molecule has 2 aromatic rings. The van der Waals surface area contributed by atoms with Crippen molar-refractivity contribution in [1.29, 1.82) is 0 Å². The number of amides is 1. The van der Waals surface area contributed by atoms with E-state index in [1.807, 2.05) is 25.1 Å². The molecule has 0 bridgehead atoms. The number of hydrogen-bond donors (Lipinski definition) is 2. The van der Waals surface area contributed by atoms with Crippen molar-refractivity contribution in [1.82, 2.24) is 15.1 Å². The van der Waals surface area contributed by atoms with E-state index in [9.17, 15) is 9.00 Å². The number of nitrogens with zero attached hydrogens (tertiary/aromatic N) is 2. The Balaban J connectivity index is 2.01. The molecule has 1 amide bonds. The van der Waals surface area contributed by atoms with E-state index in [4.69, 9.17) is 5.73 Å². The fraction of sp³-hybridized carbons (Fsp3) is 0.286. The van der Waals surface area contributed by atoms with E-state index in [0.29, 0.717) is 29.4 Å². The second-order valence-corrected chi connectivity index (χ2v) is 6.26. The zero-order chi connectivity index (χ0) is 15.2. The van der Waals surface area contributed by atoms with Crippen LogP contribution in [0.2, 0.25) is 0 Å². The molecule has 0 aliphatic carbocycles. The number of nitrogens with one attached hydrogen (secondary N) is 1. The highest BCUT2D eigenvalue weighted by molar-refractivity contribution is 7.84. The van der Waals surface area contributed by atoms with Gasteiger partial charge in [-0.25, -0.2) is 4.68 Å². The van der Waals surface area contributed by atoms with E-state index in [1.54, 1.807) is 23.0 Å². The van der Waals surface area contributed by atoms with Gasteiger partial charge in [0, 0.05) is 35.0 Å². The zero-order valence-electron chi connectivity index (χ0n) is 11.8. The van der Waals surface area contributed by atoms with Gasteiger partial charge in [0.15, 0.2) is 5.69 Å². The topological polar surface area (TPSA) is 90.0 Å². The molecule has 21 heavy (non-hydrogen) atoms. The van der Waals surface area contributed by atoms with Crippen molar-refractivity contribution in [2.24, 2.45) is 0 Å². The van der Waals surface area contributed by atoms with Crippen LogP contribution in [0.25, 0.3) is 5.69 Å². The molecule has 0 aliphatic heterocycles. The maximum atomic E-state index is 11.9. The van der Waals surface area contributed by atoms with Gasteiger partial charge in [-0.05, 0) is 18.2 Å². The normalized spacial score (nSPS) is 12.0. The number of hydrogen-bond acceptors (Lipinski definition) is 4. The first-order chi connectivity index (χ1) is 10.1. The van der Waals surface area contributed by atoms with Gasteiger partial charge in [0.1, 0.15) is 0 Å². The molecule has 0 saturated carbocycles. The molecule has 7 heteroatoms. The van der Waals surface area contributed by atoms with Crippen molar-refractivity contribution in [3.05, 3.63) is 42.2 Å². The summed E-state index contributed by atoms with van der Waals surface area (Å²) in [5, 5.41) is 6.91. The molecule has 1 atom stereocenters. The lowest BCUT2D eigenvalue weighted by molar-refractivity contribution is 0.0951. The van der Waals surface area contributed by atoms with Crippen LogP contribution >= 0.6 is 0 Å². The highest BCUT2D eigenvalue weighted by atomic mass is 32.2. The fourth-order valence-electron chi connectivity index (χ4n) is 1.79. The number of rotatable bonds is 6. The molecule has 1 unspecified atom stereocenters. The van der Waals surface area contributed by atoms with Crippen LogP contribution in [0.3, 0.4) is 0 Å². The van der Waals surface area contributed by atoms with Gasteiger partial charge >= 0.3 is 0 Å². The number of benzene rings is 1. The van der Waals surface area contributed by atoms with E-state index in [1.165, 1.54) is 0 Å². The summed E-state index contributed by atoms with van der Waals surface area (Å²) >= 11 is 0. The van der Waals surface area contributed by atoms with Gasteiger partial charge in [0.25, 0.3) is 5.91 Å². The Kier molecular flexibility index (Phi) is 5.10. The molecule has 6 nitrogen and oxygen atoms in total. The van der Waals surface area contributed by atoms with Crippen LogP contribution in [0.1, 0.15) is 17.4 Å². The minimum atomic E-state index is -0.884. The summed E-state index contributed by atoms with van der Waals surface area (Å²) in [6, 6.07) is 8.92. The summed E-state index contributed by atoms with van der Waals surface area (Å²) in [6.45, 7) is 2.23. The molecular formula is C14H18N4O2S. The van der Waals surface area contributed by atoms with E-state index in [2.05, 4.69) is 10.4 Å². The number of carbonyl (C=O) groups excluding carboxylic acids is 1. The Bertz CT molecular complexity index is 654. The van der Waals surface area contributed by atoms with Gasteiger partial charge in [0.2, 0.25) is 0 Å². The molecule has 2 rings (SSSR count). The monoisotopic (exact) mass is 306 g/mol. The largest absolute Gasteiger partial charge is 0.397 e. The molecule has 0 aliphatic rings. The SMILES string of the molecule is CCS(=O)CCNC(=O)c1ccn(-c2ccccc2N)n1. The van der Waals surface area contributed by atoms with Crippen LogP contribution in [0.4, 0.5) is 5.69 Å². The second-order valence-electron chi connectivity index (χ2n) is 4.39. The molecule has 1 aromatic heterocycles. The highest BCUT2D eigenvalue weighted by Gasteiger charge is 2.11. The third-order valence-electron chi connectivity index (χ3n) is 2.94. The number of nitrogen functional groups attached to an aromatic ring is 1. The first-order valence-corrected chi connectivity index (χ1v) is 8.14. The third kappa shape index (κ3) is 3.91. The average Bonchev–Trinajstić information content (AvgIpc) is 2.97. The molecule has 0 spiro atoms. The number of anilines is 1. The maximum Gasteiger partial charge on any atom is 0.271 e. The molecule has 0 saturated heterocycles. The molecule has 1 aromatic carbocycles. The van der Waals surface area contributed by atoms with Gasteiger partial charge in [-0.15, -0.1) is 0 Å². The number of nitrogens with two attached hydrogens (primary N) is 1. The highest BCUT2D eigenvalue weighted by Crippen LogP contribution is 2.15. The Morgan fingerprint density at radius 2 is 2.14 bits per heavy atom. The Morgan fingerprint density at radius 1 is 1.38 bits per heavy atom. The van der Waals surface area contributed by atoms with E-state index < -0.39 is 10.8 Å². The van der Waals surface area contributed by atoms with Gasteiger partial charge < -0.3 is 11.1 Å². The van der Waals surface area contributed by atoms with Crippen LogP contribution < -0.4 is 11.1 Å². The standard InChI is InChI=1S/C14H18N4O2S/c1-2-21(20)10-8-16-14(19)12-7-9-18(17-12)13-6-4-3-5-11(13)15/h3-7,9H,2,8,10,15H2,1H3,(H,16,19). The lowest BCUT2D eigenvalue weighted by Crippen LogP contribution is -2.28. The van der Waals surface area contributed by atoms with Crippen molar-refractivity contribution < 1.29 is 9.00 Å². The van der Waals surface area contributed by atoms with Crippen LogP contribution in [-0.2, 0) is 10.8 Å². The van der Waals surface area contributed by atoms with Crippen LogP contribution in [0.5, 0.6) is 0 Å². The van der Waals surface area contributed by atoms with Crippen LogP contribution in [0, 0.1) is 0 Å². The Labute approximate surface area is 125 Å². The molecule has 3 N–H and O–H groups in total. The van der Waals surface area contributed by atoms with Gasteiger partial charge in [-0.2, -0.15) is 5.10 Å². The summed E-state index contributed by atoms with van der Waals surface area (Å²) in [4.78, 5) is 11.9. The summed E-state index contributed by atoms with van der Waals surface area (Å²) < 4.78 is 12.8. The van der Waals surface area contributed by atoms with E-state index in [0.717, 1.165) is 5.69 Å². The predicted molar refractivity (Wildman–Crippen MR) is 83.9 cm³/mol. The fourth-order valence-corrected chi connectivity index (χ4v) is 2.41. The number of para-hydroxylation sites is 2. The lowest BCUT2D eigenvalue weighted by atomic mass is 10.3. The van der Waals surface area contributed by atoms with Crippen molar-refractivity contribution in [2.75, 3.05) is 23.8 Å². The minimum absolute atomic E-state index is 0.281. The van der Waals surface area contributed by atoms with Crippen molar-refractivity contribution in [3.8, 4) is 5.69 Å². The van der Waals surface area contributed by atoms with Crippen LogP contribution in [-0.4, -0.2) is 37.9 Å². The second kappa shape index (κ2) is 7.03. The van der Waals surface area contributed by atoms with E-state index in [-0.39, 0.29) is 5.91 Å². The van der Waals surface area contributed by atoms with Gasteiger partial charge in [0.05, 0.1) is 11.4 Å². The summed E-state index contributed by atoms with van der Waals surface area (Å²) in [7, 11) is -0.884. The average molecular weight is 306 g/mol. The zero-order valence-corrected chi connectivity index (χ0v) is 12.6. The Hall–Kier alpha value is -2.15. The third-order valence-corrected chi connectivity index (χ3v) is 4.25. The molecule has 0 fully saturated rings. The predicted octanol–water partition coefficient (Wildman–Crippen LogP) is 0.953. The number of carbonyl (C=O) groups is 1. The molecule has 1 heterocycles. The van der Waals surface area contributed by atoms with Crippen LogP contribution in [0.15, 0.2) is 36.5 Å². The molecule has 0 radical (unpaired) electrons. The van der Waals surface area contributed by atoms with Crippen molar-refractivity contribution >= 4 is 22.4 Å².